The minimum absolute atomic E-state index is 0.0221. The summed E-state index contributed by atoms with van der Waals surface area (Å²) in [5.74, 6) is 1.34. The second-order valence-corrected chi connectivity index (χ2v) is 8.69. The summed E-state index contributed by atoms with van der Waals surface area (Å²) >= 11 is 35.2. The Balaban J connectivity index is 4.15. The lowest BCUT2D eigenvalue weighted by Gasteiger charge is -2.23. The topological polar surface area (TPSA) is 0 Å². The fourth-order valence-corrected chi connectivity index (χ4v) is 6.27. The Hall–Kier alpha value is 2.17. The normalized spacial score (nSPS) is 19.1. The van der Waals surface area contributed by atoms with Gasteiger partial charge >= 0.3 is 0 Å². The van der Waals surface area contributed by atoms with Crippen molar-refractivity contribution in [2.45, 2.75) is 16.1 Å². The molecule has 0 aromatic carbocycles. The molecular formula is C9H15Cl6P. The van der Waals surface area contributed by atoms with Gasteiger partial charge in [-0.05, 0) is 18.5 Å². The number of hydrogen-bond donors (Lipinski definition) is 0. The first-order valence-electron chi connectivity index (χ1n) is 4.85. The summed E-state index contributed by atoms with van der Waals surface area (Å²) < 4.78 is 0. The fraction of sp³-hybridized carbons (Fsp3) is 1.00. The number of halogens is 6. The smallest absolute Gasteiger partial charge is 0.0510 e. The van der Waals surface area contributed by atoms with Crippen molar-refractivity contribution in [2.24, 2.45) is 0 Å². The molecule has 0 bridgehead atoms. The van der Waals surface area contributed by atoms with Crippen molar-refractivity contribution in [1.29, 1.82) is 0 Å². The molecule has 98 valence electrons. The molecular weight excluding hydrogens is 352 g/mol. The lowest BCUT2D eigenvalue weighted by molar-refractivity contribution is 1.04. The maximum absolute atomic E-state index is 6.05. The van der Waals surface area contributed by atoms with Gasteiger partial charge in [0.2, 0.25) is 0 Å². The summed E-state index contributed by atoms with van der Waals surface area (Å²) in [6, 6.07) is 0. The Bertz CT molecular complexity index is 142. The van der Waals surface area contributed by atoms with Gasteiger partial charge in [0.25, 0.3) is 0 Å². The minimum Gasteiger partial charge on any atom is -0.125 e. The molecule has 0 saturated heterocycles. The Morgan fingerprint density at radius 3 is 1.06 bits per heavy atom. The summed E-state index contributed by atoms with van der Waals surface area (Å²) in [7, 11) is -0.346. The first-order valence-corrected chi connectivity index (χ1v) is 9.66. The Morgan fingerprint density at radius 1 is 0.625 bits per heavy atom. The SMILES string of the molecule is ClCC(Cl)CP(CC(Cl)CCl)CC(Cl)CCl. The van der Waals surface area contributed by atoms with Crippen LogP contribution in [0.4, 0.5) is 0 Å². The molecule has 3 atom stereocenters. The number of rotatable bonds is 9. The largest absolute Gasteiger partial charge is 0.125 e. The third kappa shape index (κ3) is 9.15. The molecule has 0 aliphatic rings. The average molecular weight is 367 g/mol. The van der Waals surface area contributed by atoms with E-state index >= 15 is 0 Å². The highest BCUT2D eigenvalue weighted by Gasteiger charge is 2.20. The molecule has 0 aliphatic carbocycles. The van der Waals surface area contributed by atoms with E-state index in [2.05, 4.69) is 0 Å². The van der Waals surface area contributed by atoms with Crippen LogP contribution < -0.4 is 0 Å². The highest BCUT2D eigenvalue weighted by molar-refractivity contribution is 7.58. The van der Waals surface area contributed by atoms with Gasteiger partial charge in [0.1, 0.15) is 0 Å². The molecule has 0 aliphatic heterocycles. The van der Waals surface area contributed by atoms with E-state index in [4.69, 9.17) is 69.6 Å². The van der Waals surface area contributed by atoms with Crippen LogP contribution >= 0.6 is 77.5 Å². The highest BCUT2D eigenvalue weighted by Crippen LogP contribution is 2.41. The molecule has 0 radical (unpaired) electrons. The van der Waals surface area contributed by atoms with Crippen molar-refractivity contribution in [3.05, 3.63) is 0 Å². The van der Waals surface area contributed by atoms with E-state index in [0.717, 1.165) is 18.5 Å². The van der Waals surface area contributed by atoms with E-state index in [-0.39, 0.29) is 24.1 Å². The summed E-state index contributed by atoms with van der Waals surface area (Å²) in [5, 5.41) is -0.0662. The Labute approximate surface area is 129 Å². The van der Waals surface area contributed by atoms with E-state index in [1.165, 1.54) is 0 Å². The molecule has 0 nitrogen and oxygen atoms in total. The molecule has 0 N–H and O–H groups in total. The van der Waals surface area contributed by atoms with Crippen molar-refractivity contribution >= 4 is 77.5 Å². The van der Waals surface area contributed by atoms with Crippen LogP contribution in [0.1, 0.15) is 0 Å². The van der Waals surface area contributed by atoms with Gasteiger partial charge in [0, 0.05) is 17.6 Å². The van der Waals surface area contributed by atoms with Crippen LogP contribution in [0.3, 0.4) is 0 Å². The molecule has 0 fully saturated rings. The minimum atomic E-state index is -0.346. The van der Waals surface area contributed by atoms with Crippen molar-refractivity contribution in [3.63, 3.8) is 0 Å². The third-order valence-electron chi connectivity index (χ3n) is 1.87. The van der Waals surface area contributed by atoms with Crippen molar-refractivity contribution in [1.82, 2.24) is 0 Å². The maximum Gasteiger partial charge on any atom is 0.0510 e. The van der Waals surface area contributed by atoms with Crippen LogP contribution in [-0.2, 0) is 0 Å². The Kier molecular flexibility index (Phi) is 12.5. The molecule has 0 amide bonds. The average Bonchev–Trinajstić information content (AvgIpc) is 2.28. The van der Waals surface area contributed by atoms with Crippen molar-refractivity contribution in [2.75, 3.05) is 36.1 Å². The van der Waals surface area contributed by atoms with E-state index < -0.39 is 0 Å². The molecule has 0 rings (SSSR count). The van der Waals surface area contributed by atoms with Gasteiger partial charge < -0.3 is 0 Å². The zero-order chi connectivity index (χ0) is 12.6. The van der Waals surface area contributed by atoms with E-state index in [1.54, 1.807) is 0 Å². The predicted octanol–water partition coefficient (Wildman–Crippen LogP) is 5.01. The van der Waals surface area contributed by atoms with Gasteiger partial charge in [0.05, 0.1) is 16.1 Å². The summed E-state index contributed by atoms with van der Waals surface area (Å²) in [4.78, 5) is 0. The summed E-state index contributed by atoms with van der Waals surface area (Å²) in [6.45, 7) is 0. The van der Waals surface area contributed by atoms with Crippen LogP contribution in [0.25, 0.3) is 0 Å². The lowest BCUT2D eigenvalue weighted by Crippen LogP contribution is -2.18. The molecule has 0 aromatic heterocycles. The van der Waals surface area contributed by atoms with Crippen LogP contribution in [0.5, 0.6) is 0 Å². The first kappa shape index (κ1) is 18.2. The lowest BCUT2D eigenvalue weighted by atomic mass is 10.5. The van der Waals surface area contributed by atoms with Crippen LogP contribution in [0, 0.1) is 0 Å². The van der Waals surface area contributed by atoms with Gasteiger partial charge in [0.15, 0.2) is 0 Å². The maximum atomic E-state index is 6.05. The second kappa shape index (κ2) is 11.0. The zero-order valence-electron chi connectivity index (χ0n) is 8.69. The Morgan fingerprint density at radius 2 is 0.875 bits per heavy atom. The molecule has 0 aromatic rings. The van der Waals surface area contributed by atoms with Crippen LogP contribution in [0.15, 0.2) is 0 Å². The van der Waals surface area contributed by atoms with Crippen molar-refractivity contribution < 1.29 is 0 Å². The molecule has 7 heteroatoms. The predicted molar refractivity (Wildman–Crippen MR) is 82.6 cm³/mol. The van der Waals surface area contributed by atoms with Gasteiger partial charge in [-0.1, -0.05) is 0 Å². The second-order valence-electron chi connectivity index (χ2n) is 3.47. The monoisotopic (exact) mass is 364 g/mol. The molecule has 16 heavy (non-hydrogen) atoms. The summed E-state index contributed by atoms with van der Waals surface area (Å²) in [5.41, 5.74) is 0. The van der Waals surface area contributed by atoms with Crippen molar-refractivity contribution in [3.8, 4) is 0 Å². The number of hydrogen-bond acceptors (Lipinski definition) is 0. The van der Waals surface area contributed by atoms with Gasteiger partial charge in [-0.3, -0.25) is 0 Å². The standard InChI is InChI=1S/C9H15Cl6P/c10-1-7(13)4-16(5-8(14)2-11)6-9(15)3-12/h7-9H,1-6H2. The molecule has 0 spiro atoms. The molecule has 0 heterocycles. The summed E-state index contributed by atoms with van der Waals surface area (Å²) in [6.07, 6.45) is 2.59. The van der Waals surface area contributed by atoms with Gasteiger partial charge in [-0.15, -0.1) is 77.5 Å². The quantitative estimate of drug-likeness (QED) is 0.397. The zero-order valence-corrected chi connectivity index (χ0v) is 14.1. The van der Waals surface area contributed by atoms with E-state index in [0.29, 0.717) is 17.6 Å². The first-order chi connectivity index (χ1) is 7.53. The van der Waals surface area contributed by atoms with Crippen LogP contribution in [0.2, 0.25) is 0 Å². The van der Waals surface area contributed by atoms with Gasteiger partial charge in [-0.2, -0.15) is 0 Å². The van der Waals surface area contributed by atoms with E-state index in [9.17, 15) is 0 Å². The molecule has 0 saturated carbocycles. The van der Waals surface area contributed by atoms with Gasteiger partial charge in [-0.25, -0.2) is 0 Å². The number of alkyl halides is 6. The third-order valence-corrected chi connectivity index (χ3v) is 7.91. The highest BCUT2D eigenvalue weighted by atomic mass is 35.5. The molecule has 3 unspecified atom stereocenters. The van der Waals surface area contributed by atoms with Crippen LogP contribution in [-0.4, -0.2) is 52.3 Å². The van der Waals surface area contributed by atoms with E-state index in [1.807, 2.05) is 0 Å². The fourth-order valence-electron chi connectivity index (χ4n) is 1.21.